The van der Waals surface area contributed by atoms with Gasteiger partial charge in [0.15, 0.2) is 5.11 Å². The Morgan fingerprint density at radius 2 is 1.56 bits per heavy atom. The number of carbonyl (C=O) groups excluding carboxylic acids is 4. The molecule has 0 radical (unpaired) electrons. The van der Waals surface area contributed by atoms with E-state index in [0.29, 0.717) is 37.7 Å². The summed E-state index contributed by atoms with van der Waals surface area (Å²) < 4.78 is 60.3. The SMILES string of the molecule is Cc1cn(-c2ccc([C@H](C)NC(=O)[C@@H]3C[C@@H](O)CN3C(=O)C(NC(=O)COCCCOCCCCCOc3ccc(N4C(=S)N(c5ccc(C#N)c(C(F)(F)F)c5)C(=O)C4(C)C)cc3)C(C)(C)C)cc2)cn1. The number of benzene rings is 3. The average Bonchev–Trinajstić information content (AvgIpc) is 4.00. The molecule has 1 aromatic heterocycles. The van der Waals surface area contributed by atoms with Crippen molar-refractivity contribution in [2.24, 2.45) is 5.41 Å². The number of anilines is 2. The molecule has 20 heteroatoms. The third-order valence-electron chi connectivity index (χ3n) is 12.5. The third kappa shape index (κ3) is 13.4. The van der Waals surface area contributed by atoms with E-state index in [0.717, 1.165) is 53.2 Å². The summed E-state index contributed by atoms with van der Waals surface area (Å²) in [5, 5.41) is 25.6. The van der Waals surface area contributed by atoms with E-state index in [1.165, 1.54) is 11.0 Å². The van der Waals surface area contributed by atoms with Crippen LogP contribution >= 0.6 is 12.2 Å². The fourth-order valence-electron chi connectivity index (χ4n) is 8.57. The number of aliphatic hydroxyl groups excluding tert-OH is 1. The zero-order chi connectivity index (χ0) is 52.5. The number of nitriles is 1. The van der Waals surface area contributed by atoms with E-state index < -0.39 is 70.1 Å². The molecule has 72 heavy (non-hydrogen) atoms. The molecule has 0 saturated carbocycles. The van der Waals surface area contributed by atoms with Crippen molar-refractivity contribution in [3.8, 4) is 17.5 Å². The van der Waals surface area contributed by atoms with E-state index >= 15 is 0 Å². The number of β-amino-alcohol motifs (C(OH)–C–C–N with tert-alkyl or cyclic N) is 1. The molecule has 2 fully saturated rings. The molecule has 2 aliphatic heterocycles. The predicted molar refractivity (Wildman–Crippen MR) is 267 cm³/mol. The molecule has 4 amide bonds. The van der Waals surface area contributed by atoms with Crippen LogP contribution in [0.2, 0.25) is 0 Å². The second-order valence-corrected chi connectivity index (χ2v) is 20.0. The number of hydrogen-bond acceptors (Lipinski definition) is 11. The van der Waals surface area contributed by atoms with Crippen LogP contribution < -0.4 is 25.2 Å². The Hall–Kier alpha value is -6.40. The highest BCUT2D eigenvalue weighted by Gasteiger charge is 2.51. The lowest BCUT2D eigenvalue weighted by molar-refractivity contribution is -0.144. The van der Waals surface area contributed by atoms with E-state index in [1.54, 1.807) is 55.4 Å². The van der Waals surface area contributed by atoms with Gasteiger partial charge < -0.3 is 44.3 Å². The Bertz CT molecular complexity index is 2610. The van der Waals surface area contributed by atoms with Gasteiger partial charge in [-0.15, -0.1) is 0 Å². The lowest BCUT2D eigenvalue weighted by Crippen LogP contribution is -2.58. The smallest absolute Gasteiger partial charge is 0.417 e. The van der Waals surface area contributed by atoms with Crippen molar-refractivity contribution >= 4 is 52.3 Å². The molecule has 4 aromatic rings. The summed E-state index contributed by atoms with van der Waals surface area (Å²) in [6.07, 6.45) is 0.954. The molecule has 2 aliphatic rings. The molecule has 4 atom stereocenters. The number of nitrogens with one attached hydrogen (secondary N) is 2. The molecule has 3 aromatic carbocycles. The largest absolute Gasteiger partial charge is 0.494 e. The van der Waals surface area contributed by atoms with Crippen LogP contribution in [0, 0.1) is 23.7 Å². The summed E-state index contributed by atoms with van der Waals surface area (Å²) in [7, 11) is 0. The first-order valence-electron chi connectivity index (χ1n) is 23.9. The van der Waals surface area contributed by atoms with Crippen molar-refractivity contribution < 1.29 is 51.7 Å². The minimum atomic E-state index is -4.80. The summed E-state index contributed by atoms with van der Waals surface area (Å²) in [4.78, 5) is 62.5. The lowest BCUT2D eigenvalue weighted by Gasteiger charge is -2.35. The normalized spacial score (nSPS) is 17.7. The maximum absolute atomic E-state index is 14.0. The zero-order valence-corrected chi connectivity index (χ0v) is 42.4. The quantitative estimate of drug-likeness (QED) is 0.0557. The Balaban J connectivity index is 0.858. The number of likely N-dealkylation sites (tertiary alicyclic amines) is 1. The van der Waals surface area contributed by atoms with Gasteiger partial charge in [0.05, 0.1) is 53.7 Å². The molecule has 1 unspecified atom stereocenters. The van der Waals surface area contributed by atoms with Gasteiger partial charge in [-0.05, 0) is 131 Å². The first-order valence-corrected chi connectivity index (χ1v) is 24.3. The summed E-state index contributed by atoms with van der Waals surface area (Å²) in [5.74, 6) is -1.27. The van der Waals surface area contributed by atoms with Crippen molar-refractivity contribution in [2.45, 2.75) is 117 Å². The minimum absolute atomic E-state index is 0.0000516. The van der Waals surface area contributed by atoms with Crippen LogP contribution in [-0.4, -0.2) is 112 Å². The van der Waals surface area contributed by atoms with Gasteiger partial charge in [-0.25, -0.2) is 4.98 Å². The zero-order valence-electron chi connectivity index (χ0n) is 41.6. The lowest BCUT2D eigenvalue weighted by atomic mass is 9.85. The number of imidazole rings is 1. The highest BCUT2D eigenvalue weighted by molar-refractivity contribution is 7.81. The van der Waals surface area contributed by atoms with E-state index in [1.807, 2.05) is 69.6 Å². The van der Waals surface area contributed by atoms with Crippen LogP contribution in [-0.2, 0) is 34.8 Å². The minimum Gasteiger partial charge on any atom is -0.494 e. The summed E-state index contributed by atoms with van der Waals surface area (Å²) >= 11 is 5.63. The Labute approximate surface area is 423 Å². The molecule has 6 rings (SSSR count). The maximum Gasteiger partial charge on any atom is 0.417 e. The summed E-state index contributed by atoms with van der Waals surface area (Å²) in [6.45, 7) is 13.8. The number of ether oxygens (including phenoxy) is 3. The fourth-order valence-corrected chi connectivity index (χ4v) is 9.09. The number of aliphatic hydroxyl groups is 1. The number of hydrogen-bond donors (Lipinski definition) is 3. The van der Waals surface area contributed by atoms with Gasteiger partial charge in [0.1, 0.15) is 30.0 Å². The van der Waals surface area contributed by atoms with Crippen LogP contribution in [0.3, 0.4) is 0 Å². The number of halogens is 3. The van der Waals surface area contributed by atoms with Gasteiger partial charge >= 0.3 is 6.18 Å². The van der Waals surface area contributed by atoms with E-state index in [9.17, 15) is 42.7 Å². The molecule has 386 valence electrons. The second-order valence-electron chi connectivity index (χ2n) is 19.6. The van der Waals surface area contributed by atoms with Gasteiger partial charge in [0, 0.05) is 50.4 Å². The predicted octanol–water partition coefficient (Wildman–Crippen LogP) is 7.33. The monoisotopic (exact) mass is 1020 g/mol. The average molecular weight is 1020 g/mol. The van der Waals surface area contributed by atoms with Crippen molar-refractivity contribution in [1.29, 1.82) is 5.26 Å². The van der Waals surface area contributed by atoms with Crippen molar-refractivity contribution in [2.75, 3.05) is 49.4 Å². The first-order chi connectivity index (χ1) is 34.0. The van der Waals surface area contributed by atoms with Gasteiger partial charge in [-0.2, -0.15) is 18.4 Å². The molecule has 0 spiro atoms. The van der Waals surface area contributed by atoms with Gasteiger partial charge in [0.2, 0.25) is 17.7 Å². The van der Waals surface area contributed by atoms with E-state index in [-0.39, 0.29) is 43.0 Å². The molecule has 0 aliphatic carbocycles. The topological polar surface area (TPSA) is 192 Å². The summed E-state index contributed by atoms with van der Waals surface area (Å²) in [5.41, 5.74) is -0.496. The number of nitrogens with zero attached hydrogens (tertiary/aromatic N) is 6. The van der Waals surface area contributed by atoms with Crippen molar-refractivity contribution in [1.82, 2.24) is 25.1 Å². The molecule has 16 nitrogen and oxygen atoms in total. The van der Waals surface area contributed by atoms with Gasteiger partial charge in [-0.1, -0.05) is 32.9 Å². The number of amides is 4. The van der Waals surface area contributed by atoms with Gasteiger partial charge in [-0.3, -0.25) is 24.1 Å². The first kappa shape index (κ1) is 54.9. The van der Waals surface area contributed by atoms with Crippen LogP contribution in [0.4, 0.5) is 24.5 Å². The van der Waals surface area contributed by atoms with Crippen LogP contribution in [0.25, 0.3) is 5.69 Å². The number of thiocarbonyl (C=S) groups is 1. The molecular formula is C52H63F3N8O8S. The van der Waals surface area contributed by atoms with Crippen LogP contribution in [0.5, 0.6) is 5.75 Å². The Morgan fingerprint density at radius 3 is 2.19 bits per heavy atom. The van der Waals surface area contributed by atoms with E-state index in [4.69, 9.17) is 26.4 Å². The summed E-state index contributed by atoms with van der Waals surface area (Å²) in [6, 6.07) is 16.9. The van der Waals surface area contributed by atoms with Gasteiger partial charge in [0.25, 0.3) is 5.91 Å². The molecule has 0 bridgehead atoms. The van der Waals surface area contributed by atoms with Crippen LogP contribution in [0.15, 0.2) is 79.3 Å². The molecule has 2 saturated heterocycles. The standard InChI is InChI=1S/C52H63F3N8O8S/c1-33-29-60(32-57-33)37-15-12-35(13-16-37)34(2)58-46(66)43-27-40(64)30-61(43)47(67)45(50(3,4)5)59-44(65)31-70-24-11-23-69-22-9-8-10-25-71-41-20-18-38(19-21-41)63-49(72)62(48(68)51(63,6)7)39-17-14-36(28-56)42(26-39)52(53,54)55/h12-21,26,29,32,34,40,43,45,64H,8-11,22-25,27,30-31H2,1-7H3,(H,58,66)(H,59,65)/t34-,40+,43-,45?/m0/s1. The number of rotatable bonds is 21. The molecule has 3 heterocycles. The molecular weight excluding hydrogens is 954 g/mol. The number of unbranched alkanes of at least 4 members (excludes halogenated alkanes) is 2. The van der Waals surface area contributed by atoms with E-state index in [2.05, 4.69) is 15.6 Å². The van der Waals surface area contributed by atoms with Crippen molar-refractivity contribution in [3.63, 3.8) is 0 Å². The molecule has 3 N–H and O–H groups in total. The number of aryl methyl sites for hydroxylation is 1. The second kappa shape index (κ2) is 23.4. The highest BCUT2D eigenvalue weighted by Crippen LogP contribution is 2.40. The number of aromatic nitrogens is 2. The highest BCUT2D eigenvalue weighted by atomic mass is 32.1. The third-order valence-corrected chi connectivity index (χ3v) is 12.9. The maximum atomic E-state index is 14.0. The number of carbonyl (C=O) groups is 4. The van der Waals surface area contributed by atoms with Crippen LogP contribution in [0.1, 0.15) is 102 Å². The fraction of sp³-hybridized carbons (Fsp3) is 0.481. The number of alkyl halides is 3. The Kier molecular flexibility index (Phi) is 17.9. The Morgan fingerprint density at radius 1 is 0.917 bits per heavy atom. The van der Waals surface area contributed by atoms with Crippen molar-refractivity contribution in [3.05, 3.63) is 102 Å².